The molecule has 1 fully saturated rings. The summed E-state index contributed by atoms with van der Waals surface area (Å²) in [5.74, 6) is 0.430. The van der Waals surface area contributed by atoms with E-state index in [0.29, 0.717) is 17.5 Å². The fourth-order valence-electron chi connectivity index (χ4n) is 5.37. The number of amides is 1. The van der Waals surface area contributed by atoms with Crippen LogP contribution in [0.1, 0.15) is 56.2 Å². The van der Waals surface area contributed by atoms with E-state index in [2.05, 4.69) is 32.0 Å². The highest BCUT2D eigenvalue weighted by Crippen LogP contribution is 2.43. The maximum atomic E-state index is 14.2. The Hall–Kier alpha value is -2.86. The van der Waals surface area contributed by atoms with E-state index >= 15 is 0 Å². The van der Waals surface area contributed by atoms with Crippen molar-refractivity contribution in [3.63, 3.8) is 0 Å². The third kappa shape index (κ3) is 4.68. The van der Waals surface area contributed by atoms with E-state index in [4.69, 9.17) is 4.98 Å². The lowest BCUT2D eigenvalue weighted by molar-refractivity contribution is -0.129. The number of thioether (sulfide) groups is 1. The SMILES string of the molecule is CC[C@@]1(C)Cc2ccccc2-c2nc(SCC(=O)N3CCCCC3)n(Cc3ccccc3)c(=O)c21. The highest BCUT2D eigenvalue weighted by molar-refractivity contribution is 7.99. The van der Waals surface area contributed by atoms with Crippen LogP contribution in [0.15, 0.2) is 64.5 Å². The van der Waals surface area contributed by atoms with Crippen LogP contribution in [-0.4, -0.2) is 39.2 Å². The average Bonchev–Trinajstić information content (AvgIpc) is 2.90. The van der Waals surface area contributed by atoms with Crippen LogP contribution in [0.2, 0.25) is 0 Å². The van der Waals surface area contributed by atoms with Gasteiger partial charge in [-0.1, -0.05) is 80.2 Å². The Bertz CT molecular complexity index is 1280. The van der Waals surface area contributed by atoms with Crippen LogP contribution in [0.5, 0.6) is 0 Å². The second-order valence-corrected chi connectivity index (χ2v) is 10.9. The normalized spacial score (nSPS) is 19.2. The van der Waals surface area contributed by atoms with E-state index in [1.807, 2.05) is 41.3 Å². The Labute approximate surface area is 211 Å². The van der Waals surface area contributed by atoms with Crippen molar-refractivity contribution < 1.29 is 4.79 Å². The summed E-state index contributed by atoms with van der Waals surface area (Å²) in [5.41, 5.74) is 4.67. The first-order valence-electron chi connectivity index (χ1n) is 12.7. The van der Waals surface area contributed by atoms with Crippen LogP contribution < -0.4 is 5.56 Å². The third-order valence-corrected chi connectivity index (χ3v) is 8.55. The number of aromatic nitrogens is 2. The van der Waals surface area contributed by atoms with Gasteiger partial charge in [0.15, 0.2) is 5.16 Å². The summed E-state index contributed by atoms with van der Waals surface area (Å²) in [5, 5.41) is 0.623. The predicted octanol–water partition coefficient (Wildman–Crippen LogP) is 5.29. The molecule has 1 aliphatic heterocycles. The molecule has 1 saturated heterocycles. The number of carbonyl (C=O) groups is 1. The molecule has 5 nitrogen and oxygen atoms in total. The first kappa shape index (κ1) is 23.9. The molecule has 1 atom stereocenters. The quantitative estimate of drug-likeness (QED) is 0.350. The minimum absolute atomic E-state index is 0.0191. The van der Waals surface area contributed by atoms with Gasteiger partial charge in [0.05, 0.1) is 23.6 Å². The molecular formula is C29H33N3O2S. The lowest BCUT2D eigenvalue weighted by atomic mass is 9.69. The van der Waals surface area contributed by atoms with Gasteiger partial charge in [0.1, 0.15) is 0 Å². The standard InChI is InChI=1S/C29H33N3O2S/c1-3-29(2)18-22-14-8-9-15-23(22)26-25(29)27(34)32(19-21-12-6-4-7-13-21)28(30-26)35-20-24(33)31-16-10-5-11-17-31/h4,6-9,12-15H,3,5,10-11,16-20H2,1-2H3/t29-/m0/s1. The second-order valence-electron chi connectivity index (χ2n) is 9.97. The van der Waals surface area contributed by atoms with Crippen molar-refractivity contribution in [3.05, 3.63) is 81.6 Å². The molecule has 3 aromatic rings. The molecular weight excluding hydrogens is 454 g/mol. The van der Waals surface area contributed by atoms with Gasteiger partial charge >= 0.3 is 0 Å². The number of hydrogen-bond donors (Lipinski definition) is 0. The molecule has 0 spiro atoms. The Balaban J connectivity index is 1.60. The highest BCUT2D eigenvalue weighted by atomic mass is 32.2. The molecule has 1 aliphatic carbocycles. The number of hydrogen-bond acceptors (Lipinski definition) is 4. The molecule has 0 bridgehead atoms. The topological polar surface area (TPSA) is 55.2 Å². The van der Waals surface area contributed by atoms with Gasteiger partial charge < -0.3 is 4.90 Å². The number of piperidine rings is 1. The van der Waals surface area contributed by atoms with Gasteiger partial charge in [-0.05, 0) is 43.2 Å². The van der Waals surface area contributed by atoms with Gasteiger partial charge in [0.2, 0.25) is 5.91 Å². The van der Waals surface area contributed by atoms with E-state index in [-0.39, 0.29) is 16.9 Å². The van der Waals surface area contributed by atoms with Crippen molar-refractivity contribution in [1.82, 2.24) is 14.5 Å². The Morgan fingerprint density at radius 1 is 1.03 bits per heavy atom. The van der Waals surface area contributed by atoms with Crippen LogP contribution in [0.3, 0.4) is 0 Å². The summed E-state index contributed by atoms with van der Waals surface area (Å²) in [6.45, 7) is 6.44. The Kier molecular flexibility index (Phi) is 6.83. The van der Waals surface area contributed by atoms with E-state index in [1.54, 1.807) is 4.57 Å². The molecule has 35 heavy (non-hydrogen) atoms. The van der Waals surface area contributed by atoms with Crippen molar-refractivity contribution in [3.8, 4) is 11.3 Å². The van der Waals surface area contributed by atoms with Gasteiger partial charge in [-0.2, -0.15) is 0 Å². The van der Waals surface area contributed by atoms with Crippen molar-refractivity contribution in [2.75, 3.05) is 18.8 Å². The molecule has 2 heterocycles. The van der Waals surface area contributed by atoms with Gasteiger partial charge in [-0.25, -0.2) is 4.98 Å². The molecule has 0 saturated carbocycles. The first-order valence-corrected chi connectivity index (χ1v) is 13.7. The number of rotatable bonds is 6. The number of carbonyl (C=O) groups excluding carboxylic acids is 1. The summed E-state index contributed by atoms with van der Waals surface area (Å²) in [6, 6.07) is 18.3. The summed E-state index contributed by atoms with van der Waals surface area (Å²) < 4.78 is 1.80. The molecule has 2 aliphatic rings. The van der Waals surface area contributed by atoms with E-state index in [9.17, 15) is 9.59 Å². The minimum atomic E-state index is -0.279. The maximum Gasteiger partial charge on any atom is 0.258 e. The Morgan fingerprint density at radius 3 is 2.49 bits per heavy atom. The lowest BCUT2D eigenvalue weighted by Gasteiger charge is -2.36. The van der Waals surface area contributed by atoms with Crippen LogP contribution in [0, 0.1) is 0 Å². The van der Waals surface area contributed by atoms with E-state index in [1.165, 1.54) is 23.7 Å². The molecule has 182 valence electrons. The van der Waals surface area contributed by atoms with Gasteiger partial charge in [0, 0.05) is 24.1 Å². The molecule has 0 radical (unpaired) electrons. The van der Waals surface area contributed by atoms with Gasteiger partial charge in [-0.15, -0.1) is 0 Å². The zero-order valence-electron chi connectivity index (χ0n) is 20.6. The van der Waals surface area contributed by atoms with E-state index in [0.717, 1.165) is 61.2 Å². The zero-order valence-corrected chi connectivity index (χ0v) is 21.4. The van der Waals surface area contributed by atoms with Gasteiger partial charge in [-0.3, -0.25) is 14.2 Å². The molecule has 0 unspecified atom stereocenters. The zero-order chi connectivity index (χ0) is 24.4. The molecule has 2 aromatic carbocycles. The monoisotopic (exact) mass is 487 g/mol. The van der Waals surface area contributed by atoms with Crippen LogP contribution in [0.25, 0.3) is 11.3 Å². The summed E-state index contributed by atoms with van der Waals surface area (Å²) in [4.78, 5) is 34.2. The predicted molar refractivity (Wildman–Crippen MR) is 142 cm³/mol. The van der Waals surface area contributed by atoms with E-state index < -0.39 is 0 Å². The van der Waals surface area contributed by atoms with Crippen molar-refractivity contribution in [2.24, 2.45) is 0 Å². The Morgan fingerprint density at radius 2 is 1.74 bits per heavy atom. The third-order valence-electron chi connectivity index (χ3n) is 7.59. The molecule has 6 heteroatoms. The fourth-order valence-corrected chi connectivity index (χ4v) is 6.26. The minimum Gasteiger partial charge on any atom is -0.342 e. The molecule has 1 amide bonds. The molecule has 0 N–H and O–H groups in total. The summed E-state index contributed by atoms with van der Waals surface area (Å²) in [7, 11) is 0. The van der Waals surface area contributed by atoms with Crippen LogP contribution >= 0.6 is 11.8 Å². The van der Waals surface area contributed by atoms with Crippen LogP contribution in [0.4, 0.5) is 0 Å². The molecule has 5 rings (SSSR count). The number of nitrogens with zero attached hydrogens (tertiary/aromatic N) is 3. The van der Waals surface area contributed by atoms with Gasteiger partial charge in [0.25, 0.3) is 5.56 Å². The fraction of sp³-hybridized carbons (Fsp3) is 0.414. The highest BCUT2D eigenvalue weighted by Gasteiger charge is 2.38. The summed E-state index contributed by atoms with van der Waals surface area (Å²) >= 11 is 1.40. The first-order chi connectivity index (χ1) is 17.0. The number of likely N-dealkylation sites (tertiary alicyclic amines) is 1. The number of benzene rings is 2. The second kappa shape index (κ2) is 10.0. The summed E-state index contributed by atoms with van der Waals surface area (Å²) in [6.07, 6.45) is 5.01. The van der Waals surface area contributed by atoms with Crippen molar-refractivity contribution in [1.29, 1.82) is 0 Å². The number of fused-ring (bicyclic) bond motifs is 3. The average molecular weight is 488 g/mol. The molecule has 1 aromatic heterocycles. The largest absolute Gasteiger partial charge is 0.342 e. The lowest BCUT2D eigenvalue weighted by Crippen LogP contribution is -2.40. The van der Waals surface area contributed by atoms with Crippen molar-refractivity contribution >= 4 is 17.7 Å². The van der Waals surface area contributed by atoms with Crippen LogP contribution in [-0.2, 0) is 23.2 Å². The van der Waals surface area contributed by atoms with Crippen molar-refractivity contribution in [2.45, 2.75) is 63.1 Å². The maximum absolute atomic E-state index is 14.2. The smallest absolute Gasteiger partial charge is 0.258 e.